The SMILES string of the molecule is CC(C)c1ccc2ncn(CCN3CCOCC3)c(=O)c2c1. The zero-order chi connectivity index (χ0) is 15.5. The first-order chi connectivity index (χ1) is 10.6. The number of morpholine rings is 1. The second kappa shape index (κ2) is 6.58. The number of nitrogens with zero attached hydrogens (tertiary/aromatic N) is 3. The summed E-state index contributed by atoms with van der Waals surface area (Å²) in [7, 11) is 0. The number of hydrogen-bond donors (Lipinski definition) is 0. The molecule has 1 aromatic carbocycles. The maximum atomic E-state index is 12.7. The van der Waals surface area contributed by atoms with Crippen LogP contribution >= 0.6 is 0 Å². The second-order valence-corrected chi connectivity index (χ2v) is 6.13. The molecule has 1 aromatic heterocycles. The molecule has 1 saturated heterocycles. The minimum atomic E-state index is 0.0563. The zero-order valence-electron chi connectivity index (χ0n) is 13.3. The lowest BCUT2D eigenvalue weighted by Gasteiger charge is -2.26. The number of fused-ring (bicyclic) bond motifs is 1. The van der Waals surface area contributed by atoms with Crippen molar-refractivity contribution in [1.82, 2.24) is 14.5 Å². The lowest BCUT2D eigenvalue weighted by molar-refractivity contribution is 0.0362. The Labute approximate surface area is 130 Å². The van der Waals surface area contributed by atoms with Gasteiger partial charge in [0, 0.05) is 26.2 Å². The van der Waals surface area contributed by atoms with E-state index in [2.05, 4.69) is 29.8 Å². The molecule has 0 N–H and O–H groups in total. The van der Waals surface area contributed by atoms with Crippen LogP contribution in [0.1, 0.15) is 25.3 Å². The topological polar surface area (TPSA) is 47.4 Å². The molecule has 118 valence electrons. The van der Waals surface area contributed by atoms with Gasteiger partial charge in [0.1, 0.15) is 0 Å². The summed E-state index contributed by atoms with van der Waals surface area (Å²) in [5.41, 5.74) is 2.01. The van der Waals surface area contributed by atoms with E-state index in [0.29, 0.717) is 12.5 Å². The van der Waals surface area contributed by atoms with E-state index in [9.17, 15) is 4.79 Å². The summed E-state index contributed by atoms with van der Waals surface area (Å²) < 4.78 is 7.07. The van der Waals surface area contributed by atoms with E-state index < -0.39 is 0 Å². The average molecular weight is 301 g/mol. The Bertz CT molecular complexity index is 703. The summed E-state index contributed by atoms with van der Waals surface area (Å²) in [6, 6.07) is 5.98. The van der Waals surface area contributed by atoms with Gasteiger partial charge in [-0.1, -0.05) is 19.9 Å². The predicted octanol–water partition coefficient (Wildman–Crippen LogP) is 1.85. The van der Waals surface area contributed by atoms with Gasteiger partial charge in [0.2, 0.25) is 0 Å². The van der Waals surface area contributed by atoms with Crippen molar-refractivity contribution < 1.29 is 4.74 Å². The molecule has 3 rings (SSSR count). The Hall–Kier alpha value is -1.72. The smallest absolute Gasteiger partial charge is 0.261 e. The lowest BCUT2D eigenvalue weighted by Crippen LogP contribution is -2.39. The Morgan fingerprint density at radius 1 is 1.23 bits per heavy atom. The fraction of sp³-hybridized carbons (Fsp3) is 0.529. The van der Waals surface area contributed by atoms with Crippen molar-refractivity contribution in [1.29, 1.82) is 0 Å². The molecule has 0 amide bonds. The predicted molar refractivity (Wildman–Crippen MR) is 87.4 cm³/mol. The van der Waals surface area contributed by atoms with E-state index in [0.717, 1.165) is 43.8 Å². The van der Waals surface area contributed by atoms with Gasteiger partial charge in [0.15, 0.2) is 0 Å². The molecule has 0 aliphatic carbocycles. The van der Waals surface area contributed by atoms with Gasteiger partial charge in [-0.2, -0.15) is 0 Å². The number of aromatic nitrogens is 2. The molecule has 1 aliphatic heterocycles. The van der Waals surface area contributed by atoms with Gasteiger partial charge in [-0.3, -0.25) is 14.3 Å². The molecule has 0 spiro atoms. The number of ether oxygens (including phenoxy) is 1. The van der Waals surface area contributed by atoms with Crippen molar-refractivity contribution in [2.45, 2.75) is 26.3 Å². The third-order valence-electron chi connectivity index (χ3n) is 4.28. The van der Waals surface area contributed by atoms with E-state index in [1.54, 1.807) is 10.9 Å². The summed E-state index contributed by atoms with van der Waals surface area (Å²) in [6.07, 6.45) is 1.67. The van der Waals surface area contributed by atoms with E-state index in [4.69, 9.17) is 4.74 Å². The molecule has 1 fully saturated rings. The Morgan fingerprint density at radius 3 is 2.73 bits per heavy atom. The molecular formula is C17H23N3O2. The van der Waals surface area contributed by atoms with E-state index >= 15 is 0 Å². The monoisotopic (exact) mass is 301 g/mol. The molecule has 5 nitrogen and oxygen atoms in total. The highest BCUT2D eigenvalue weighted by Crippen LogP contribution is 2.17. The molecule has 0 radical (unpaired) electrons. The first-order valence-corrected chi connectivity index (χ1v) is 7.94. The summed E-state index contributed by atoms with van der Waals surface area (Å²) >= 11 is 0. The highest BCUT2D eigenvalue weighted by atomic mass is 16.5. The van der Waals surface area contributed by atoms with Crippen molar-refractivity contribution in [3.05, 3.63) is 40.4 Å². The molecule has 5 heteroatoms. The quantitative estimate of drug-likeness (QED) is 0.865. The fourth-order valence-corrected chi connectivity index (χ4v) is 2.77. The van der Waals surface area contributed by atoms with Crippen molar-refractivity contribution in [3.8, 4) is 0 Å². The average Bonchev–Trinajstić information content (AvgIpc) is 2.55. The molecule has 2 heterocycles. The number of rotatable bonds is 4. The first-order valence-electron chi connectivity index (χ1n) is 7.94. The molecule has 0 saturated carbocycles. The summed E-state index contributed by atoms with van der Waals surface area (Å²) in [5, 5.41) is 0.718. The van der Waals surface area contributed by atoms with Crippen LogP contribution in [0.3, 0.4) is 0 Å². The Morgan fingerprint density at radius 2 is 2.00 bits per heavy atom. The fourth-order valence-electron chi connectivity index (χ4n) is 2.77. The molecule has 0 bridgehead atoms. The highest BCUT2D eigenvalue weighted by Gasteiger charge is 2.11. The zero-order valence-corrected chi connectivity index (χ0v) is 13.3. The standard InChI is InChI=1S/C17H23N3O2/c1-13(2)14-3-4-16-15(11-14)17(21)20(12-18-16)6-5-19-7-9-22-10-8-19/h3-4,11-13H,5-10H2,1-2H3. The van der Waals surface area contributed by atoms with Crippen molar-refractivity contribution in [3.63, 3.8) is 0 Å². The molecule has 1 aliphatic rings. The number of hydrogen-bond acceptors (Lipinski definition) is 4. The van der Waals surface area contributed by atoms with Crippen LogP contribution in [0.4, 0.5) is 0 Å². The third kappa shape index (κ3) is 3.20. The van der Waals surface area contributed by atoms with Crippen LogP contribution in [-0.2, 0) is 11.3 Å². The number of benzene rings is 1. The van der Waals surface area contributed by atoms with Crippen LogP contribution in [0, 0.1) is 0 Å². The summed E-state index contributed by atoms with van der Waals surface area (Å²) in [4.78, 5) is 19.4. The van der Waals surface area contributed by atoms with E-state index in [1.807, 2.05) is 12.1 Å². The highest BCUT2D eigenvalue weighted by molar-refractivity contribution is 5.78. The van der Waals surface area contributed by atoms with E-state index in [-0.39, 0.29) is 5.56 Å². The van der Waals surface area contributed by atoms with Gasteiger partial charge in [0.05, 0.1) is 30.4 Å². The second-order valence-electron chi connectivity index (χ2n) is 6.13. The van der Waals surface area contributed by atoms with Gasteiger partial charge in [-0.15, -0.1) is 0 Å². The van der Waals surface area contributed by atoms with Gasteiger partial charge in [-0.25, -0.2) is 4.98 Å². The molecule has 2 aromatic rings. The Kier molecular flexibility index (Phi) is 4.55. The van der Waals surface area contributed by atoms with Gasteiger partial charge < -0.3 is 4.74 Å². The molecule has 0 atom stereocenters. The lowest BCUT2D eigenvalue weighted by atomic mass is 10.0. The van der Waals surface area contributed by atoms with Crippen molar-refractivity contribution in [2.75, 3.05) is 32.8 Å². The molecule has 0 unspecified atom stereocenters. The van der Waals surface area contributed by atoms with Crippen LogP contribution in [0.25, 0.3) is 10.9 Å². The van der Waals surface area contributed by atoms with Crippen molar-refractivity contribution >= 4 is 10.9 Å². The van der Waals surface area contributed by atoms with Crippen LogP contribution in [-0.4, -0.2) is 47.3 Å². The van der Waals surface area contributed by atoms with E-state index in [1.165, 1.54) is 5.56 Å². The van der Waals surface area contributed by atoms with Gasteiger partial charge in [-0.05, 0) is 23.6 Å². The van der Waals surface area contributed by atoms with Crippen molar-refractivity contribution in [2.24, 2.45) is 0 Å². The van der Waals surface area contributed by atoms with Crippen LogP contribution in [0.2, 0.25) is 0 Å². The Balaban J connectivity index is 1.83. The molecule has 22 heavy (non-hydrogen) atoms. The largest absolute Gasteiger partial charge is 0.379 e. The molecular weight excluding hydrogens is 278 g/mol. The van der Waals surface area contributed by atoms with Crippen LogP contribution < -0.4 is 5.56 Å². The maximum Gasteiger partial charge on any atom is 0.261 e. The third-order valence-corrected chi connectivity index (χ3v) is 4.28. The normalized spacial score (nSPS) is 16.5. The van der Waals surface area contributed by atoms with Crippen LogP contribution in [0.15, 0.2) is 29.3 Å². The summed E-state index contributed by atoms with van der Waals surface area (Å²) in [6.45, 7) is 9.24. The summed E-state index contributed by atoms with van der Waals surface area (Å²) in [5.74, 6) is 0.408. The van der Waals surface area contributed by atoms with Gasteiger partial charge in [0.25, 0.3) is 5.56 Å². The maximum absolute atomic E-state index is 12.7. The first kappa shape index (κ1) is 15.2. The van der Waals surface area contributed by atoms with Gasteiger partial charge >= 0.3 is 0 Å². The minimum Gasteiger partial charge on any atom is -0.379 e. The van der Waals surface area contributed by atoms with Crippen LogP contribution in [0.5, 0.6) is 0 Å². The minimum absolute atomic E-state index is 0.0563.